The van der Waals surface area contributed by atoms with Crippen LogP contribution in [0.5, 0.6) is 17.2 Å². The van der Waals surface area contributed by atoms with E-state index in [4.69, 9.17) is 4.74 Å². The van der Waals surface area contributed by atoms with E-state index in [1.54, 1.807) is 54.6 Å². The lowest BCUT2D eigenvalue weighted by Crippen LogP contribution is -2.34. The van der Waals surface area contributed by atoms with Crippen molar-refractivity contribution in [1.82, 2.24) is 10.2 Å². The Morgan fingerprint density at radius 3 is 2.11 bits per heavy atom. The second-order valence-corrected chi connectivity index (χ2v) is 8.06. The Balaban J connectivity index is 1.60. The van der Waals surface area contributed by atoms with E-state index in [2.05, 4.69) is 39.4 Å². The Morgan fingerprint density at radius 1 is 0.842 bits per heavy atom. The van der Waals surface area contributed by atoms with Gasteiger partial charge in [0.25, 0.3) is 5.91 Å². The number of urea groups is 1. The number of nitrogens with one attached hydrogen (secondary N) is 3. The highest BCUT2D eigenvalue weighted by atomic mass is 19.4. The maximum absolute atomic E-state index is 13.0. The van der Waals surface area contributed by atoms with Gasteiger partial charge in [-0.2, -0.15) is 0 Å². The Kier molecular flexibility index (Phi) is 9.94. The number of likely N-dealkylation sites (N-methyl/N-ethyl adjacent to an activating group) is 1. The van der Waals surface area contributed by atoms with Gasteiger partial charge in [0.15, 0.2) is 11.5 Å². The number of halogens is 3. The smallest absolute Gasteiger partial charge is 0.453 e. The molecule has 3 rings (SSSR count). The number of nitrogens with zero attached hydrogens (tertiary/aromatic N) is 1. The maximum Gasteiger partial charge on any atom is 0.573 e. The maximum atomic E-state index is 13.0. The van der Waals surface area contributed by atoms with E-state index in [-0.39, 0.29) is 17.3 Å². The highest BCUT2D eigenvalue weighted by Crippen LogP contribution is 2.37. The zero-order valence-electron chi connectivity index (χ0n) is 21.0. The molecule has 11 heteroatoms. The fourth-order valence-electron chi connectivity index (χ4n) is 3.46. The normalized spacial score (nSPS) is 11.1. The summed E-state index contributed by atoms with van der Waals surface area (Å²) in [5, 5.41) is 7.88. The zero-order chi connectivity index (χ0) is 27.5. The molecule has 38 heavy (non-hydrogen) atoms. The van der Waals surface area contributed by atoms with Crippen LogP contribution in [0.15, 0.2) is 72.8 Å². The van der Waals surface area contributed by atoms with Crippen LogP contribution in [0.1, 0.15) is 24.2 Å². The molecule has 0 radical (unpaired) electrons. The molecule has 0 aromatic heterocycles. The van der Waals surface area contributed by atoms with Crippen molar-refractivity contribution in [2.75, 3.05) is 36.8 Å². The molecule has 0 aliphatic heterocycles. The fourth-order valence-corrected chi connectivity index (χ4v) is 3.46. The predicted molar refractivity (Wildman–Crippen MR) is 139 cm³/mol. The predicted octanol–water partition coefficient (Wildman–Crippen LogP) is 6.09. The minimum Gasteiger partial charge on any atom is -0.453 e. The van der Waals surface area contributed by atoms with Crippen molar-refractivity contribution in [3.8, 4) is 17.2 Å². The number of hydrogen-bond donors (Lipinski definition) is 3. The van der Waals surface area contributed by atoms with Crippen molar-refractivity contribution in [2.45, 2.75) is 20.2 Å². The van der Waals surface area contributed by atoms with E-state index in [1.165, 1.54) is 12.1 Å². The first-order valence-corrected chi connectivity index (χ1v) is 12.0. The average molecular weight is 531 g/mol. The number of alkyl halides is 3. The summed E-state index contributed by atoms with van der Waals surface area (Å²) in [7, 11) is 0. The SMILES string of the molecule is CCN(CC)CCNC(=O)c1ccc(NC(=O)Nc2ccc(Oc3ccccc3)c(OC(F)(F)F)c2)cc1. The average Bonchev–Trinajstić information content (AvgIpc) is 2.88. The van der Waals surface area contributed by atoms with E-state index in [9.17, 15) is 22.8 Å². The van der Waals surface area contributed by atoms with E-state index in [0.29, 0.717) is 23.5 Å². The first-order valence-electron chi connectivity index (χ1n) is 12.0. The Morgan fingerprint density at radius 2 is 1.47 bits per heavy atom. The molecule has 3 aromatic carbocycles. The highest BCUT2D eigenvalue weighted by molar-refractivity contribution is 6.00. The Labute approximate surface area is 218 Å². The number of para-hydroxylation sites is 1. The molecule has 0 saturated carbocycles. The molecule has 0 aliphatic rings. The summed E-state index contributed by atoms with van der Waals surface area (Å²) in [4.78, 5) is 26.9. The molecule has 0 unspecified atom stereocenters. The van der Waals surface area contributed by atoms with Crippen molar-refractivity contribution >= 4 is 23.3 Å². The standard InChI is InChI=1S/C27H29F3N4O4/c1-3-34(4-2)17-16-31-25(35)19-10-12-20(13-11-19)32-26(36)33-21-14-15-23(24(18-21)38-27(28,29)30)37-22-8-6-5-7-9-22/h5-15,18H,3-4,16-17H2,1-2H3,(H,31,35)(H2,32,33,36). The number of ether oxygens (including phenoxy) is 2. The lowest BCUT2D eigenvalue weighted by atomic mass is 10.2. The molecule has 0 bridgehead atoms. The van der Waals surface area contributed by atoms with Crippen LogP contribution in [0.25, 0.3) is 0 Å². The van der Waals surface area contributed by atoms with Crippen molar-refractivity contribution in [3.05, 3.63) is 78.4 Å². The number of carbonyl (C=O) groups excluding carboxylic acids is 2. The number of rotatable bonds is 11. The lowest BCUT2D eigenvalue weighted by molar-refractivity contribution is -0.275. The van der Waals surface area contributed by atoms with Crippen LogP contribution in [0, 0.1) is 0 Å². The third kappa shape index (κ3) is 9.00. The third-order valence-corrected chi connectivity index (χ3v) is 5.41. The molecular formula is C27H29F3N4O4. The molecule has 0 heterocycles. The molecule has 202 valence electrons. The van der Waals surface area contributed by atoms with Crippen molar-refractivity contribution in [1.29, 1.82) is 0 Å². The van der Waals surface area contributed by atoms with E-state index in [0.717, 1.165) is 25.7 Å². The second-order valence-electron chi connectivity index (χ2n) is 8.06. The first-order chi connectivity index (χ1) is 18.2. The van der Waals surface area contributed by atoms with E-state index < -0.39 is 18.1 Å². The molecule has 3 aromatic rings. The molecule has 0 atom stereocenters. The Bertz CT molecular complexity index is 1200. The van der Waals surface area contributed by atoms with Crippen LogP contribution in [0.4, 0.5) is 29.3 Å². The lowest BCUT2D eigenvalue weighted by Gasteiger charge is -2.18. The van der Waals surface area contributed by atoms with Gasteiger partial charge in [0, 0.05) is 36.1 Å². The van der Waals surface area contributed by atoms with Crippen LogP contribution in [-0.4, -0.2) is 49.4 Å². The summed E-state index contributed by atoms with van der Waals surface area (Å²) in [6.45, 7) is 7.16. The van der Waals surface area contributed by atoms with E-state index >= 15 is 0 Å². The van der Waals surface area contributed by atoms with Crippen molar-refractivity contribution < 1.29 is 32.2 Å². The summed E-state index contributed by atoms with van der Waals surface area (Å²) in [6.07, 6.45) is -4.96. The van der Waals surface area contributed by atoms with E-state index in [1.807, 2.05) is 0 Å². The fraction of sp³-hybridized carbons (Fsp3) is 0.259. The molecule has 0 fully saturated rings. The van der Waals surface area contributed by atoms with Gasteiger partial charge in [-0.1, -0.05) is 32.0 Å². The molecule has 0 spiro atoms. The summed E-state index contributed by atoms with van der Waals surface area (Å²) in [5.74, 6) is -0.705. The Hall–Kier alpha value is -4.25. The van der Waals surface area contributed by atoms with Gasteiger partial charge in [-0.05, 0) is 61.6 Å². The van der Waals surface area contributed by atoms with Gasteiger partial charge in [0.05, 0.1) is 0 Å². The topological polar surface area (TPSA) is 91.9 Å². The van der Waals surface area contributed by atoms with Gasteiger partial charge in [0.1, 0.15) is 5.75 Å². The number of carbonyl (C=O) groups is 2. The third-order valence-electron chi connectivity index (χ3n) is 5.41. The monoisotopic (exact) mass is 530 g/mol. The summed E-state index contributed by atoms with van der Waals surface area (Å²) < 4.78 is 48.5. The molecule has 3 amide bonds. The van der Waals surface area contributed by atoms with Crippen molar-refractivity contribution in [2.24, 2.45) is 0 Å². The number of benzene rings is 3. The van der Waals surface area contributed by atoms with Gasteiger partial charge in [-0.3, -0.25) is 4.79 Å². The van der Waals surface area contributed by atoms with Crippen LogP contribution in [0.3, 0.4) is 0 Å². The minimum atomic E-state index is -4.96. The van der Waals surface area contributed by atoms with Gasteiger partial charge in [-0.15, -0.1) is 13.2 Å². The highest BCUT2D eigenvalue weighted by Gasteiger charge is 2.33. The van der Waals surface area contributed by atoms with Crippen molar-refractivity contribution in [3.63, 3.8) is 0 Å². The van der Waals surface area contributed by atoms with Gasteiger partial charge in [-0.25, -0.2) is 4.79 Å². The van der Waals surface area contributed by atoms with Gasteiger partial charge >= 0.3 is 12.4 Å². The first kappa shape index (κ1) is 28.3. The summed E-state index contributed by atoms with van der Waals surface area (Å²) in [6, 6.07) is 17.4. The molecule has 3 N–H and O–H groups in total. The number of amides is 3. The van der Waals surface area contributed by atoms with Gasteiger partial charge in [0.2, 0.25) is 0 Å². The molecular weight excluding hydrogens is 501 g/mol. The van der Waals surface area contributed by atoms with Gasteiger partial charge < -0.3 is 30.3 Å². The summed E-state index contributed by atoms with van der Waals surface area (Å²) >= 11 is 0. The number of anilines is 2. The molecule has 0 saturated heterocycles. The largest absolute Gasteiger partial charge is 0.573 e. The minimum absolute atomic E-state index is 0.0476. The number of hydrogen-bond acceptors (Lipinski definition) is 5. The van der Waals surface area contributed by atoms with Crippen LogP contribution < -0.4 is 25.4 Å². The van der Waals surface area contributed by atoms with Crippen LogP contribution in [-0.2, 0) is 0 Å². The molecule has 0 aliphatic carbocycles. The van der Waals surface area contributed by atoms with Crippen LogP contribution >= 0.6 is 0 Å². The van der Waals surface area contributed by atoms with Crippen LogP contribution in [0.2, 0.25) is 0 Å². The second kappa shape index (κ2) is 13.3. The molecule has 8 nitrogen and oxygen atoms in total. The zero-order valence-corrected chi connectivity index (χ0v) is 21.0. The quantitative estimate of drug-likeness (QED) is 0.279. The summed E-state index contributed by atoms with van der Waals surface area (Å²) in [5.41, 5.74) is 0.864.